The Balaban J connectivity index is 1.75. The number of hydrogen-bond donors (Lipinski definition) is 1. The normalized spacial score (nSPS) is 21.3. The van der Waals surface area contributed by atoms with Crippen LogP contribution in [0.25, 0.3) is 10.9 Å². The molecule has 2 aromatic heterocycles. The minimum absolute atomic E-state index is 0.0591. The van der Waals surface area contributed by atoms with E-state index in [1.807, 2.05) is 37.4 Å². The average Bonchev–Trinajstić information content (AvgIpc) is 3.22. The number of rotatable bonds is 2. The minimum Gasteiger partial charge on any atom is -0.374 e. The quantitative estimate of drug-likeness (QED) is 0.782. The predicted molar refractivity (Wildman–Crippen MR) is 86.5 cm³/mol. The highest BCUT2D eigenvalue weighted by atomic mass is 16.5. The van der Waals surface area contributed by atoms with Crippen LogP contribution in [0, 0.1) is 6.92 Å². The fourth-order valence-corrected chi connectivity index (χ4v) is 3.24. The fourth-order valence-electron chi connectivity index (χ4n) is 3.24. The summed E-state index contributed by atoms with van der Waals surface area (Å²) in [5.41, 5.74) is 1.59. The zero-order chi connectivity index (χ0) is 16.7. The Hall–Kier alpha value is -2.67. The van der Waals surface area contributed by atoms with Gasteiger partial charge in [0, 0.05) is 29.2 Å². The van der Waals surface area contributed by atoms with Crippen molar-refractivity contribution in [1.82, 2.24) is 20.0 Å². The van der Waals surface area contributed by atoms with Gasteiger partial charge in [0.15, 0.2) is 5.82 Å². The molecule has 3 aromatic rings. The topological polar surface area (TPSA) is 84.3 Å². The third kappa shape index (κ3) is 2.37. The lowest BCUT2D eigenvalue weighted by Crippen LogP contribution is -2.47. The number of morpholine rings is 1. The molecule has 1 aliphatic heterocycles. The Bertz CT molecular complexity index is 885. The van der Waals surface area contributed by atoms with Crippen LogP contribution in [0.1, 0.15) is 35.0 Å². The van der Waals surface area contributed by atoms with Crippen LogP contribution >= 0.6 is 0 Å². The van der Waals surface area contributed by atoms with Crippen LogP contribution in [0.15, 0.2) is 35.0 Å². The molecule has 4 rings (SSSR count). The molecule has 2 atom stereocenters. The van der Waals surface area contributed by atoms with Gasteiger partial charge in [-0.2, -0.15) is 4.98 Å². The lowest BCUT2D eigenvalue weighted by molar-refractivity contribution is -0.0599. The van der Waals surface area contributed by atoms with Crippen LogP contribution in [0.2, 0.25) is 0 Å². The molecule has 3 heterocycles. The maximum absolute atomic E-state index is 13.2. The van der Waals surface area contributed by atoms with Crippen LogP contribution in [0.3, 0.4) is 0 Å². The summed E-state index contributed by atoms with van der Waals surface area (Å²) in [6.07, 6.45) is 1.62. The van der Waals surface area contributed by atoms with E-state index in [0.717, 1.165) is 10.9 Å². The number of carbonyl (C=O) groups is 1. The van der Waals surface area contributed by atoms with Crippen LogP contribution in [0.5, 0.6) is 0 Å². The van der Waals surface area contributed by atoms with Crippen molar-refractivity contribution in [3.8, 4) is 0 Å². The minimum atomic E-state index is -0.387. The fraction of sp³-hybridized carbons (Fsp3) is 0.353. The molecule has 7 heteroatoms. The van der Waals surface area contributed by atoms with Gasteiger partial charge in [-0.1, -0.05) is 11.2 Å². The summed E-state index contributed by atoms with van der Waals surface area (Å²) in [7, 11) is 0. The standard InChI is InChI=1S/C17H18N4O3/c1-10-15(16-19-11(2)20-24-16)21(8-9-23-10)17(22)13-4-3-5-14-12(13)6-7-18-14/h3-7,10,15,18H,8-9H2,1-2H3/t10-,15+/m1/s1. The second-order valence-corrected chi connectivity index (χ2v) is 5.94. The van der Waals surface area contributed by atoms with E-state index < -0.39 is 0 Å². The van der Waals surface area contributed by atoms with Gasteiger partial charge in [0.25, 0.3) is 11.8 Å². The molecular formula is C17H18N4O3. The first-order chi connectivity index (χ1) is 11.6. The molecule has 0 unspecified atom stereocenters. The highest BCUT2D eigenvalue weighted by Gasteiger charge is 2.38. The van der Waals surface area contributed by atoms with Gasteiger partial charge in [-0.15, -0.1) is 0 Å². The smallest absolute Gasteiger partial charge is 0.255 e. The number of H-pyrrole nitrogens is 1. The average molecular weight is 326 g/mol. The SMILES string of the molecule is Cc1noc([C@@H]2[C@@H](C)OCCN2C(=O)c2cccc3[nH]ccc23)n1. The van der Waals surface area contributed by atoms with E-state index in [1.165, 1.54) is 0 Å². The number of nitrogens with zero attached hydrogens (tertiary/aromatic N) is 3. The van der Waals surface area contributed by atoms with Crippen LogP contribution in [-0.2, 0) is 4.74 Å². The third-order valence-corrected chi connectivity index (χ3v) is 4.38. The molecule has 1 fully saturated rings. The van der Waals surface area contributed by atoms with Gasteiger partial charge in [0.1, 0.15) is 6.04 Å². The van der Waals surface area contributed by atoms with Crippen molar-refractivity contribution in [3.63, 3.8) is 0 Å². The Kier molecular flexibility index (Phi) is 3.57. The summed E-state index contributed by atoms with van der Waals surface area (Å²) in [6.45, 7) is 4.64. The van der Waals surface area contributed by atoms with Gasteiger partial charge in [0.05, 0.1) is 12.7 Å². The summed E-state index contributed by atoms with van der Waals surface area (Å²) in [6, 6.07) is 7.20. The number of amides is 1. The molecule has 0 bridgehead atoms. The number of aryl methyl sites for hydroxylation is 1. The molecule has 0 spiro atoms. The van der Waals surface area contributed by atoms with Crippen molar-refractivity contribution in [2.45, 2.75) is 26.0 Å². The first kappa shape index (κ1) is 14.9. The van der Waals surface area contributed by atoms with Gasteiger partial charge < -0.3 is 19.1 Å². The second kappa shape index (κ2) is 5.76. The molecule has 7 nitrogen and oxygen atoms in total. The summed E-state index contributed by atoms with van der Waals surface area (Å²) >= 11 is 0. The van der Waals surface area contributed by atoms with Gasteiger partial charge in [-0.3, -0.25) is 4.79 Å². The molecule has 124 valence electrons. The first-order valence-electron chi connectivity index (χ1n) is 7.94. The second-order valence-electron chi connectivity index (χ2n) is 5.94. The summed E-state index contributed by atoms with van der Waals surface area (Å²) in [4.78, 5) is 22.4. The lowest BCUT2D eigenvalue weighted by atomic mass is 10.0. The van der Waals surface area contributed by atoms with Crippen molar-refractivity contribution >= 4 is 16.8 Å². The van der Waals surface area contributed by atoms with Crippen LogP contribution in [0.4, 0.5) is 0 Å². The highest BCUT2D eigenvalue weighted by molar-refractivity contribution is 6.06. The van der Waals surface area contributed by atoms with Crippen molar-refractivity contribution in [2.75, 3.05) is 13.2 Å². The van der Waals surface area contributed by atoms with Crippen molar-refractivity contribution in [2.24, 2.45) is 0 Å². The van der Waals surface area contributed by atoms with Crippen LogP contribution in [-0.4, -0.2) is 45.2 Å². The molecule has 0 radical (unpaired) electrons. The molecule has 24 heavy (non-hydrogen) atoms. The zero-order valence-electron chi connectivity index (χ0n) is 13.5. The molecule has 1 amide bonds. The number of benzene rings is 1. The number of aromatic amines is 1. The van der Waals surface area contributed by atoms with E-state index in [-0.39, 0.29) is 18.1 Å². The number of fused-ring (bicyclic) bond motifs is 1. The molecule has 0 aliphatic carbocycles. The number of carbonyl (C=O) groups excluding carboxylic acids is 1. The Labute approximate surface area is 138 Å². The number of nitrogens with one attached hydrogen (secondary N) is 1. The van der Waals surface area contributed by atoms with Crippen molar-refractivity contribution in [3.05, 3.63) is 47.7 Å². The largest absolute Gasteiger partial charge is 0.374 e. The molecule has 1 saturated heterocycles. The maximum atomic E-state index is 13.2. The van der Waals surface area contributed by atoms with Gasteiger partial charge in [-0.05, 0) is 32.0 Å². The van der Waals surface area contributed by atoms with Gasteiger partial charge in [0.2, 0.25) is 0 Å². The highest BCUT2D eigenvalue weighted by Crippen LogP contribution is 2.31. The predicted octanol–water partition coefficient (Wildman–Crippen LogP) is 2.46. The molecule has 0 saturated carbocycles. The van der Waals surface area contributed by atoms with E-state index in [4.69, 9.17) is 9.26 Å². The van der Waals surface area contributed by atoms with E-state index in [1.54, 1.807) is 11.8 Å². The van der Waals surface area contributed by atoms with Crippen LogP contribution < -0.4 is 0 Å². The lowest BCUT2D eigenvalue weighted by Gasteiger charge is -2.37. The zero-order valence-corrected chi connectivity index (χ0v) is 13.5. The Morgan fingerprint density at radius 2 is 2.25 bits per heavy atom. The molecule has 1 aromatic carbocycles. The molecule has 1 N–H and O–H groups in total. The number of ether oxygens (including phenoxy) is 1. The van der Waals surface area contributed by atoms with Crippen molar-refractivity contribution < 1.29 is 14.1 Å². The number of hydrogen-bond acceptors (Lipinski definition) is 5. The maximum Gasteiger partial charge on any atom is 0.255 e. The number of aromatic nitrogens is 3. The summed E-state index contributed by atoms with van der Waals surface area (Å²) in [5.74, 6) is 0.897. The summed E-state index contributed by atoms with van der Waals surface area (Å²) in [5, 5.41) is 4.75. The Morgan fingerprint density at radius 3 is 3.04 bits per heavy atom. The van der Waals surface area contributed by atoms with Gasteiger partial charge in [-0.25, -0.2) is 0 Å². The van der Waals surface area contributed by atoms with E-state index in [2.05, 4.69) is 15.1 Å². The van der Waals surface area contributed by atoms with Gasteiger partial charge >= 0.3 is 0 Å². The summed E-state index contributed by atoms with van der Waals surface area (Å²) < 4.78 is 11.0. The molecule has 1 aliphatic rings. The van der Waals surface area contributed by atoms with Crippen molar-refractivity contribution in [1.29, 1.82) is 0 Å². The monoisotopic (exact) mass is 326 g/mol. The van der Waals surface area contributed by atoms with E-state index in [9.17, 15) is 4.79 Å². The van der Waals surface area contributed by atoms with E-state index in [0.29, 0.717) is 30.4 Å². The Morgan fingerprint density at radius 1 is 1.38 bits per heavy atom. The van der Waals surface area contributed by atoms with E-state index >= 15 is 0 Å². The first-order valence-corrected chi connectivity index (χ1v) is 7.94. The third-order valence-electron chi connectivity index (χ3n) is 4.38. The molecular weight excluding hydrogens is 308 g/mol.